The molecule has 12 aromatic rings. The van der Waals surface area contributed by atoms with E-state index < -0.39 is 22.7 Å². The zero-order valence-corrected chi connectivity index (χ0v) is 81.8. The number of aliphatic hydroxyl groups excluding tert-OH is 4. The van der Waals surface area contributed by atoms with E-state index in [9.17, 15) is 20.4 Å². The molecule has 22 rings (SSSR count). The second-order valence-electron chi connectivity index (χ2n) is 39.9. The molecule has 4 aliphatic carbocycles. The predicted molar refractivity (Wildman–Crippen MR) is 543 cm³/mol. The fourth-order valence-electron chi connectivity index (χ4n) is 21.6. The van der Waals surface area contributed by atoms with Gasteiger partial charge in [-0.2, -0.15) is 0 Å². The summed E-state index contributed by atoms with van der Waals surface area (Å²) in [6.45, 7) is 19.3. The maximum Gasteiger partial charge on any atom is 0.170 e. The van der Waals surface area contributed by atoms with E-state index in [1.807, 2.05) is 60.3 Å². The summed E-state index contributed by atoms with van der Waals surface area (Å²) in [5, 5.41) is 44.2. The first-order valence-corrected chi connectivity index (χ1v) is 50.7. The quantitative estimate of drug-likeness (QED) is 0.0523. The van der Waals surface area contributed by atoms with Crippen molar-refractivity contribution in [3.8, 4) is 0 Å². The average molecular weight is 1930 g/mol. The highest BCUT2D eigenvalue weighted by Gasteiger charge is 2.51. The number of aryl methyl sites for hydroxylation is 4. The third-order valence-electron chi connectivity index (χ3n) is 30.6. The summed E-state index contributed by atoms with van der Waals surface area (Å²) in [5.74, 6) is 6.24. The molecule has 4 aromatic heterocycles. The van der Waals surface area contributed by atoms with Crippen molar-refractivity contribution in [1.82, 2.24) is 39.9 Å². The van der Waals surface area contributed by atoms with Gasteiger partial charge in [0.2, 0.25) is 0 Å². The Morgan fingerprint density at radius 2 is 0.566 bits per heavy atom. The van der Waals surface area contributed by atoms with Crippen molar-refractivity contribution >= 4 is 136 Å². The molecule has 10 heterocycles. The number of alkyl halides is 4. The molecule has 0 amide bonds. The molecular weight excluding hydrogens is 1800 g/mol. The number of nitrogens with zero attached hydrogens (tertiary/aromatic N) is 16. The Kier molecular flexibility index (Phi) is 27.9. The zero-order chi connectivity index (χ0) is 94.6. The summed E-state index contributed by atoms with van der Waals surface area (Å²) >= 11 is 26.9. The minimum atomic E-state index is -1.46. The average Bonchev–Trinajstić information content (AvgIpc) is 1.55. The zero-order valence-electron chi connectivity index (χ0n) is 78.7. The summed E-state index contributed by atoms with van der Waals surface area (Å²) in [4.78, 5) is 55.1. The molecular formula is C108H124Cl4F4N16O4. The summed E-state index contributed by atoms with van der Waals surface area (Å²) in [5.41, 5.74) is 11.4. The number of aromatic nitrogens is 8. The van der Waals surface area contributed by atoms with Gasteiger partial charge in [-0.1, -0.05) is 143 Å². The molecule has 2 atom stereocenters. The van der Waals surface area contributed by atoms with E-state index in [1.165, 1.54) is 44.5 Å². The number of benzene rings is 8. The lowest BCUT2D eigenvalue weighted by Gasteiger charge is -2.36. The molecule has 136 heavy (non-hydrogen) atoms. The smallest absolute Gasteiger partial charge is 0.170 e. The van der Waals surface area contributed by atoms with Gasteiger partial charge in [0.1, 0.15) is 23.3 Å². The van der Waals surface area contributed by atoms with Crippen LogP contribution in [0.15, 0.2) is 146 Å². The number of rotatable bonds is 20. The van der Waals surface area contributed by atoms with Crippen molar-refractivity contribution in [3.63, 3.8) is 0 Å². The van der Waals surface area contributed by atoms with Crippen LogP contribution in [0.3, 0.4) is 0 Å². The van der Waals surface area contributed by atoms with Gasteiger partial charge in [0.05, 0.1) is 67.6 Å². The van der Waals surface area contributed by atoms with Gasteiger partial charge >= 0.3 is 0 Å². The van der Waals surface area contributed by atoms with Crippen molar-refractivity contribution in [3.05, 3.63) is 233 Å². The Labute approximate surface area is 814 Å². The van der Waals surface area contributed by atoms with Gasteiger partial charge in [-0.3, -0.25) is 0 Å². The highest BCUT2D eigenvalue weighted by Crippen LogP contribution is 2.54. The largest absolute Gasteiger partial charge is 0.395 e. The van der Waals surface area contributed by atoms with Crippen LogP contribution in [0.25, 0.3) is 43.6 Å². The highest BCUT2D eigenvalue weighted by atomic mass is 35.5. The topological polar surface area (TPSA) is 210 Å². The Morgan fingerprint density at radius 1 is 0.324 bits per heavy atom. The summed E-state index contributed by atoms with van der Waals surface area (Å²) in [6.07, 6.45) is 14.4. The predicted octanol–water partition coefficient (Wildman–Crippen LogP) is 22.5. The number of piperidine rings is 4. The van der Waals surface area contributed by atoms with Crippen LogP contribution in [-0.4, -0.2) is 191 Å². The first-order valence-electron chi connectivity index (χ1n) is 49.2. The van der Waals surface area contributed by atoms with Gasteiger partial charge in [0.25, 0.3) is 0 Å². The number of β-amino-alcohol motifs (C(OH)–C–C–N with tert-alkyl or cyclic N) is 2. The third-order valence-corrected chi connectivity index (χ3v) is 31.8. The summed E-state index contributed by atoms with van der Waals surface area (Å²) in [7, 11) is 3.83. The van der Waals surface area contributed by atoms with Crippen LogP contribution in [-0.2, 0) is 22.7 Å². The van der Waals surface area contributed by atoms with Crippen LogP contribution in [0, 0.1) is 27.7 Å². The van der Waals surface area contributed by atoms with Crippen LogP contribution in [0.1, 0.15) is 220 Å². The van der Waals surface area contributed by atoms with Gasteiger partial charge in [-0.15, -0.1) is 0 Å². The van der Waals surface area contributed by atoms with Gasteiger partial charge in [0, 0.05) is 150 Å². The number of likely N-dealkylation sites (N-methyl/N-ethyl adjacent to an activating group) is 2. The number of hydrogen-bond donors (Lipinski definition) is 4. The van der Waals surface area contributed by atoms with Crippen molar-refractivity contribution in [2.24, 2.45) is 0 Å². The van der Waals surface area contributed by atoms with Crippen LogP contribution >= 0.6 is 46.4 Å². The van der Waals surface area contributed by atoms with E-state index in [4.69, 9.17) is 66.3 Å². The summed E-state index contributed by atoms with van der Waals surface area (Å²) < 4.78 is 61.1. The van der Waals surface area contributed by atoms with Crippen molar-refractivity contribution in [2.45, 2.75) is 215 Å². The molecule has 4 N–H and O–H groups in total. The van der Waals surface area contributed by atoms with E-state index >= 15 is 17.6 Å². The van der Waals surface area contributed by atoms with E-state index in [2.05, 4.69) is 186 Å². The van der Waals surface area contributed by atoms with Gasteiger partial charge in [-0.25, -0.2) is 57.4 Å². The lowest BCUT2D eigenvalue weighted by Crippen LogP contribution is -2.36. The van der Waals surface area contributed by atoms with E-state index in [1.54, 1.807) is 0 Å². The molecule has 0 unspecified atom stereocenters. The van der Waals surface area contributed by atoms with Crippen LogP contribution in [0.5, 0.6) is 0 Å². The number of aliphatic hydroxyl groups is 4. The Morgan fingerprint density at radius 3 is 0.794 bits per heavy atom. The van der Waals surface area contributed by atoms with Gasteiger partial charge in [0.15, 0.2) is 46.0 Å². The Bertz CT molecular complexity index is 6380. The second kappa shape index (κ2) is 39.9. The second-order valence-corrected chi connectivity index (χ2v) is 41.5. The maximum atomic E-state index is 15.5. The van der Waals surface area contributed by atoms with Crippen LogP contribution in [0.2, 0.25) is 20.1 Å². The van der Waals surface area contributed by atoms with Crippen LogP contribution < -0.4 is 39.2 Å². The molecule has 8 aromatic carbocycles. The number of fused-ring (bicyclic) bond motifs is 4. The number of anilines is 8. The van der Waals surface area contributed by atoms with Gasteiger partial charge in [-0.05, 0) is 273 Å². The molecule has 6 aliphatic heterocycles. The molecule has 10 fully saturated rings. The lowest BCUT2D eigenvalue weighted by atomic mass is 9.81. The SMILES string of the molecule is Cc1ccccc1C1CCN(c2nc(C3(F)CC3)nc3c(Cl)cc(N(C)CCO)cc23)CC1.Cc1ccccc1C1CCN(c2nc(C3(F)CC3)nc3c(Cl)cc(N4CC[C@H](O)C4)cc23)CC1.Cc1ccccc1C1CCN(c2nc(C3(F)CCC3)nc3c(Cl)cc(N(C)CCO)cc23)CC1.Cc1ccccc1C1CCN(c2nc(C3(F)CCC3)nc3c(Cl)cc(N4CC[C@H](O)C4)cc23)CC1. The minimum Gasteiger partial charge on any atom is -0.395 e. The molecule has 0 bridgehead atoms. The highest BCUT2D eigenvalue weighted by molar-refractivity contribution is 6.37. The standard InChI is InChI=1S/C28H32ClFN4O.C27H30ClFN4O.C27H32ClFN4O.C26H30ClFN4O/c1-18-5-2-3-6-22(18)19-7-12-33(13-8-19)26-23-15-20(34-14-9-21(35)17-34)16-24(29)25(23)31-27(32-26)28(30)10-4-11-28;1-17-4-2-3-5-21(17)18-6-11-32(12-7-18)25-22-14-19(33-13-8-20(34)16-33)15-23(28)24(22)30-26(31-25)27(29)9-10-27;1-18-6-3-4-7-21(18)19-8-12-33(13-9-19)25-22-16-20(32(2)14-15-34)17-23(28)24(22)30-26(31-25)27(29)10-5-11-27;1-17-5-3-4-6-20(17)18-7-11-32(12-8-18)24-21-15-19(31(2)13-14-33)16-22(27)23(21)29-25(30-24)26(28)9-10-26/h2-3,5-6,15-16,19,21,35H,4,7-14,17H2,1H3;2-5,14-15,18,20,34H,6-13,16H2,1H3;3-4,6-7,16-17,19,34H,5,8-15H2,1-2H3;3-6,15-16,18,33H,7-14H2,1-2H3/t21-;20-;;/m00../s1. The lowest BCUT2D eigenvalue weighted by molar-refractivity contribution is 0.0510. The molecule has 10 aliphatic rings. The first-order chi connectivity index (χ1) is 65.6. The monoisotopic (exact) mass is 1920 g/mol. The summed E-state index contributed by atoms with van der Waals surface area (Å²) in [6, 6.07) is 50.2. The Hall–Kier alpha value is -9.76. The van der Waals surface area contributed by atoms with Crippen molar-refractivity contribution < 1.29 is 38.0 Å². The molecule has 0 spiro atoms. The number of hydrogen-bond acceptors (Lipinski definition) is 20. The van der Waals surface area contributed by atoms with Crippen LogP contribution in [0.4, 0.5) is 63.6 Å². The third kappa shape index (κ3) is 19.9. The fraction of sp³-hybridized carbons (Fsp3) is 0.481. The molecule has 6 saturated heterocycles. The van der Waals surface area contributed by atoms with Gasteiger partial charge < -0.3 is 59.6 Å². The minimum absolute atomic E-state index is 0.0469. The molecule has 20 nitrogen and oxygen atoms in total. The molecule has 28 heteroatoms. The Balaban J connectivity index is 0.000000116. The molecule has 0 radical (unpaired) electrons. The maximum absolute atomic E-state index is 15.5. The van der Waals surface area contributed by atoms with E-state index in [-0.39, 0.29) is 48.7 Å². The normalized spacial score (nSPS) is 20.4. The van der Waals surface area contributed by atoms with Crippen molar-refractivity contribution in [1.29, 1.82) is 0 Å². The fourth-order valence-corrected chi connectivity index (χ4v) is 22.6. The van der Waals surface area contributed by atoms with E-state index in [0.717, 1.165) is 210 Å². The van der Waals surface area contributed by atoms with Crippen molar-refractivity contribution in [2.75, 3.05) is 158 Å². The molecule has 716 valence electrons. The number of halogens is 8. The van der Waals surface area contributed by atoms with E-state index in [0.29, 0.717) is 143 Å². The molecule has 4 saturated carbocycles. The first kappa shape index (κ1) is 95.2.